The summed E-state index contributed by atoms with van der Waals surface area (Å²) in [5.74, 6) is -3.11. The van der Waals surface area contributed by atoms with Gasteiger partial charge in [0.25, 0.3) is 0 Å². The van der Waals surface area contributed by atoms with Gasteiger partial charge in [-0.2, -0.15) is 0 Å². The molecule has 0 aromatic heterocycles. The van der Waals surface area contributed by atoms with Gasteiger partial charge in [-0.1, -0.05) is 6.92 Å². The van der Waals surface area contributed by atoms with E-state index in [4.69, 9.17) is 0 Å². The van der Waals surface area contributed by atoms with Crippen molar-refractivity contribution in [2.75, 3.05) is 12.5 Å². The van der Waals surface area contributed by atoms with Gasteiger partial charge in [0.05, 0.1) is 0 Å². The van der Waals surface area contributed by atoms with Gasteiger partial charge in [-0.15, -0.1) is 0 Å². The van der Waals surface area contributed by atoms with Crippen molar-refractivity contribution in [3.8, 4) is 0 Å². The molecule has 8 heteroatoms. The minimum atomic E-state index is -4.64. The van der Waals surface area contributed by atoms with E-state index in [0.29, 0.717) is 0 Å². The molecule has 0 aliphatic rings. The monoisotopic (exact) mass is 225 g/mol. The number of rotatable bonds is 5. The fourth-order valence-electron chi connectivity index (χ4n) is 0.449. The average molecular weight is 225 g/mol. The lowest BCUT2D eigenvalue weighted by atomic mass is 10.5. The second-order valence-corrected chi connectivity index (χ2v) is 3.61. The predicted octanol–water partition coefficient (Wildman–Crippen LogP) is -1.01. The third kappa shape index (κ3) is 7.50. The normalized spacial score (nSPS) is 10.7. The zero-order valence-corrected chi connectivity index (χ0v) is 8.20. The zero-order valence-electron chi connectivity index (χ0n) is 7.39. The summed E-state index contributed by atoms with van der Waals surface area (Å²) >= 11 is 0. The summed E-state index contributed by atoms with van der Waals surface area (Å²) in [6.07, 6.45) is 0.109. The molecule has 0 heterocycles. The first-order valence-corrected chi connectivity index (χ1v) is 5.17. The number of carbonyl (C=O) groups excluding carboxylic acids is 2. The van der Waals surface area contributed by atoms with E-state index in [-0.39, 0.29) is 6.42 Å². The molecule has 0 aromatic carbocycles. The van der Waals surface area contributed by atoms with Crippen LogP contribution in [0.2, 0.25) is 0 Å². The van der Waals surface area contributed by atoms with Gasteiger partial charge in [0, 0.05) is 6.42 Å². The largest absolute Gasteiger partial charge is 0.748 e. The Labute approximate surface area is 80.7 Å². The van der Waals surface area contributed by atoms with E-state index in [9.17, 15) is 22.6 Å². The van der Waals surface area contributed by atoms with Gasteiger partial charge in [-0.25, -0.2) is 8.42 Å². The molecule has 0 amide bonds. The molecule has 14 heavy (non-hydrogen) atoms. The average Bonchev–Trinajstić information content (AvgIpc) is 2.00. The Balaban J connectivity index is 3.71. The lowest BCUT2D eigenvalue weighted by Crippen LogP contribution is -2.20. The Bertz CT molecular complexity index is 304. The lowest BCUT2D eigenvalue weighted by molar-refractivity contribution is -0.165. The Hall–Kier alpha value is -1.15. The van der Waals surface area contributed by atoms with Crippen molar-refractivity contribution in [3.05, 3.63) is 0 Å². The molecule has 0 rings (SSSR count). The smallest absolute Gasteiger partial charge is 0.322 e. The summed E-state index contributed by atoms with van der Waals surface area (Å²) in [5, 5.41) is 0. The first kappa shape index (κ1) is 12.8. The molecule has 0 radical (unpaired) electrons. The summed E-state index contributed by atoms with van der Waals surface area (Å²) in [4.78, 5) is 21.0. The molecule has 0 saturated carbocycles. The molecule has 0 atom stereocenters. The number of ether oxygens (including phenoxy) is 2. The van der Waals surface area contributed by atoms with Crippen molar-refractivity contribution in [2.24, 2.45) is 0 Å². The summed E-state index contributed by atoms with van der Waals surface area (Å²) in [7, 11) is -4.64. The van der Waals surface area contributed by atoms with Crippen LogP contribution in [0.5, 0.6) is 0 Å². The SMILES string of the molecule is CCC(=O)OCOC(=O)CS(=O)(=O)[O-]. The fraction of sp³-hybridized carbons (Fsp3) is 0.667. The van der Waals surface area contributed by atoms with Crippen molar-refractivity contribution in [3.63, 3.8) is 0 Å². The van der Waals surface area contributed by atoms with E-state index in [1.165, 1.54) is 6.92 Å². The lowest BCUT2D eigenvalue weighted by Gasteiger charge is -2.07. The van der Waals surface area contributed by atoms with Gasteiger partial charge in [0.15, 0.2) is 0 Å². The Kier molecular flexibility index (Phi) is 5.10. The molecule has 0 bridgehead atoms. The standard InChI is InChI=1S/C6H10O7S/c1-2-5(7)12-4-13-6(8)3-14(9,10)11/h2-4H2,1H3,(H,9,10,11)/p-1. The highest BCUT2D eigenvalue weighted by atomic mass is 32.2. The molecule has 0 aromatic rings. The van der Waals surface area contributed by atoms with Crippen LogP contribution in [0.1, 0.15) is 13.3 Å². The van der Waals surface area contributed by atoms with Gasteiger partial charge in [0.2, 0.25) is 6.79 Å². The molecule has 0 N–H and O–H groups in total. The van der Waals surface area contributed by atoms with Crippen LogP contribution in [0.3, 0.4) is 0 Å². The molecule has 7 nitrogen and oxygen atoms in total. The van der Waals surface area contributed by atoms with E-state index in [2.05, 4.69) is 9.47 Å². The van der Waals surface area contributed by atoms with Gasteiger partial charge in [-0.3, -0.25) is 9.59 Å². The molecule has 0 aliphatic heterocycles. The van der Waals surface area contributed by atoms with E-state index in [1.54, 1.807) is 0 Å². The van der Waals surface area contributed by atoms with Crippen LogP contribution in [-0.2, 0) is 29.2 Å². The van der Waals surface area contributed by atoms with Crippen LogP contribution in [0.4, 0.5) is 0 Å². The third-order valence-electron chi connectivity index (χ3n) is 1.02. The second kappa shape index (κ2) is 5.55. The van der Waals surface area contributed by atoms with Crippen LogP contribution in [-0.4, -0.2) is 37.5 Å². The summed E-state index contributed by atoms with van der Waals surface area (Å²) in [6, 6.07) is 0. The second-order valence-electron chi connectivity index (χ2n) is 2.21. The van der Waals surface area contributed by atoms with Crippen molar-refractivity contribution >= 4 is 22.1 Å². The zero-order chi connectivity index (χ0) is 11.2. The van der Waals surface area contributed by atoms with Crippen LogP contribution in [0.15, 0.2) is 0 Å². The molecule has 0 unspecified atom stereocenters. The molecular weight excluding hydrogens is 216 g/mol. The van der Waals surface area contributed by atoms with Crippen molar-refractivity contribution < 1.29 is 32.0 Å². The van der Waals surface area contributed by atoms with Gasteiger partial charge in [-0.05, 0) is 0 Å². The maximum Gasteiger partial charge on any atom is 0.322 e. The number of carbonyl (C=O) groups is 2. The third-order valence-corrected chi connectivity index (χ3v) is 1.61. The quantitative estimate of drug-likeness (QED) is 0.334. The molecule has 82 valence electrons. The Morgan fingerprint density at radius 2 is 1.71 bits per heavy atom. The Morgan fingerprint density at radius 1 is 1.21 bits per heavy atom. The minimum Gasteiger partial charge on any atom is -0.748 e. The van der Waals surface area contributed by atoms with Crippen LogP contribution in [0.25, 0.3) is 0 Å². The molecule has 0 aliphatic carbocycles. The van der Waals surface area contributed by atoms with Crippen molar-refractivity contribution in [2.45, 2.75) is 13.3 Å². The first-order valence-electron chi connectivity index (χ1n) is 3.60. The summed E-state index contributed by atoms with van der Waals surface area (Å²) in [5.41, 5.74) is 0. The van der Waals surface area contributed by atoms with Crippen LogP contribution >= 0.6 is 0 Å². The number of hydrogen-bond donors (Lipinski definition) is 0. The van der Waals surface area contributed by atoms with E-state index < -0.39 is 34.6 Å². The highest BCUT2D eigenvalue weighted by Crippen LogP contribution is 1.89. The number of hydrogen-bond acceptors (Lipinski definition) is 7. The summed E-state index contributed by atoms with van der Waals surface area (Å²) < 4.78 is 38.5. The van der Waals surface area contributed by atoms with Gasteiger partial charge in [0.1, 0.15) is 15.9 Å². The van der Waals surface area contributed by atoms with E-state index in [1.807, 2.05) is 0 Å². The minimum absolute atomic E-state index is 0.109. The molecule has 0 fully saturated rings. The molecular formula is C6H9O7S-. The van der Waals surface area contributed by atoms with Gasteiger partial charge >= 0.3 is 11.9 Å². The van der Waals surface area contributed by atoms with E-state index in [0.717, 1.165) is 0 Å². The van der Waals surface area contributed by atoms with Crippen LogP contribution < -0.4 is 0 Å². The van der Waals surface area contributed by atoms with Gasteiger partial charge < -0.3 is 14.0 Å². The van der Waals surface area contributed by atoms with Crippen molar-refractivity contribution in [1.82, 2.24) is 0 Å². The van der Waals surface area contributed by atoms with Crippen LogP contribution in [0, 0.1) is 0 Å². The van der Waals surface area contributed by atoms with Crippen molar-refractivity contribution in [1.29, 1.82) is 0 Å². The molecule has 0 saturated heterocycles. The Morgan fingerprint density at radius 3 is 2.14 bits per heavy atom. The predicted molar refractivity (Wildman–Crippen MR) is 41.9 cm³/mol. The topological polar surface area (TPSA) is 110 Å². The highest BCUT2D eigenvalue weighted by molar-refractivity contribution is 7.86. The van der Waals surface area contributed by atoms with E-state index >= 15 is 0 Å². The maximum absolute atomic E-state index is 10.5. The number of esters is 2. The maximum atomic E-state index is 10.5. The fourth-order valence-corrected chi connectivity index (χ4v) is 0.821. The first-order chi connectivity index (χ1) is 6.35. The molecule has 0 spiro atoms. The summed E-state index contributed by atoms with van der Waals surface area (Å²) in [6.45, 7) is 0.854. The highest BCUT2D eigenvalue weighted by Gasteiger charge is 2.08.